The molecular formula is C31H59N3O5. The van der Waals surface area contributed by atoms with Crippen molar-refractivity contribution in [1.82, 2.24) is 10.2 Å². The summed E-state index contributed by atoms with van der Waals surface area (Å²) in [4.78, 5) is 38.6. The van der Waals surface area contributed by atoms with Crippen molar-refractivity contribution in [2.75, 3.05) is 32.8 Å². The van der Waals surface area contributed by atoms with Crippen LogP contribution in [0.2, 0.25) is 0 Å². The normalized spacial score (nSPS) is 17.3. The first-order valence-electron chi connectivity index (χ1n) is 15.8. The molecule has 39 heavy (non-hydrogen) atoms. The van der Waals surface area contributed by atoms with Crippen molar-refractivity contribution >= 4 is 18.1 Å². The molecule has 0 aromatic rings. The first kappa shape index (κ1) is 37.1. The maximum absolute atomic E-state index is 12.6. The zero-order chi connectivity index (χ0) is 29.1. The molecule has 228 valence electrons. The molecule has 0 aliphatic heterocycles. The number of rotatable bonds is 21. The van der Waals surface area contributed by atoms with E-state index in [2.05, 4.69) is 31.1 Å². The van der Waals surface area contributed by atoms with Gasteiger partial charge in [-0.05, 0) is 57.3 Å². The maximum atomic E-state index is 12.6. The van der Waals surface area contributed by atoms with E-state index in [0.717, 1.165) is 77.3 Å². The Labute approximate surface area is 238 Å². The highest BCUT2D eigenvalue weighted by Crippen LogP contribution is 2.31. The van der Waals surface area contributed by atoms with Crippen molar-refractivity contribution in [1.29, 1.82) is 0 Å². The van der Waals surface area contributed by atoms with Crippen molar-refractivity contribution in [3.63, 3.8) is 0 Å². The van der Waals surface area contributed by atoms with Gasteiger partial charge in [0, 0.05) is 19.6 Å². The topological polar surface area (TPSA) is 108 Å². The third-order valence-corrected chi connectivity index (χ3v) is 7.53. The Kier molecular flexibility index (Phi) is 25.0. The van der Waals surface area contributed by atoms with Crippen molar-refractivity contribution < 1.29 is 24.2 Å². The molecule has 0 bridgehead atoms. The van der Waals surface area contributed by atoms with Gasteiger partial charge in [-0.3, -0.25) is 4.79 Å². The summed E-state index contributed by atoms with van der Waals surface area (Å²) in [6, 6.07) is 0.0401. The van der Waals surface area contributed by atoms with Crippen molar-refractivity contribution in [3.8, 4) is 0 Å². The lowest BCUT2D eigenvalue weighted by atomic mass is 9.82. The van der Waals surface area contributed by atoms with Gasteiger partial charge in [0.1, 0.15) is 0 Å². The third-order valence-electron chi connectivity index (χ3n) is 7.53. The summed E-state index contributed by atoms with van der Waals surface area (Å²) in [6.07, 6.45) is 18.7. The van der Waals surface area contributed by atoms with E-state index in [9.17, 15) is 19.5 Å². The smallest absolute Gasteiger partial charge is 0.317 e. The van der Waals surface area contributed by atoms with Crippen LogP contribution in [0, 0.1) is 11.8 Å². The summed E-state index contributed by atoms with van der Waals surface area (Å²) in [5, 5.41) is 12.3. The molecular weight excluding hydrogens is 494 g/mol. The molecule has 2 N–H and O–H groups in total. The van der Waals surface area contributed by atoms with Gasteiger partial charge >= 0.3 is 12.0 Å². The van der Waals surface area contributed by atoms with Gasteiger partial charge in [-0.2, -0.15) is 0 Å². The van der Waals surface area contributed by atoms with Crippen LogP contribution in [0.4, 0.5) is 4.79 Å². The number of hydrogen-bond acceptors (Lipinski definition) is 5. The number of isocyanates is 1. The average Bonchev–Trinajstić information content (AvgIpc) is 2.93. The summed E-state index contributed by atoms with van der Waals surface area (Å²) in [5.74, 6) is -0.314. The fourth-order valence-corrected chi connectivity index (χ4v) is 4.91. The summed E-state index contributed by atoms with van der Waals surface area (Å²) in [7, 11) is 0. The number of nitrogens with zero attached hydrogens (tertiary/aromatic N) is 2. The second kappa shape index (κ2) is 26.3. The average molecular weight is 554 g/mol. The molecule has 0 heterocycles. The second-order valence-electron chi connectivity index (χ2n) is 10.9. The molecule has 0 radical (unpaired) electrons. The summed E-state index contributed by atoms with van der Waals surface area (Å²) in [6.45, 7) is 11.8. The number of ether oxygens (including phenoxy) is 1. The summed E-state index contributed by atoms with van der Waals surface area (Å²) in [5.41, 5.74) is 0. The van der Waals surface area contributed by atoms with Crippen molar-refractivity contribution in [2.24, 2.45) is 16.8 Å². The van der Waals surface area contributed by atoms with Crippen molar-refractivity contribution in [3.05, 3.63) is 0 Å². The van der Waals surface area contributed by atoms with Crippen LogP contribution in [-0.2, 0) is 14.3 Å². The predicted octanol–water partition coefficient (Wildman–Crippen LogP) is 7.36. The van der Waals surface area contributed by atoms with Crippen LogP contribution in [0.15, 0.2) is 4.99 Å². The minimum absolute atomic E-state index is 0.0401. The zero-order valence-electron chi connectivity index (χ0n) is 25.6. The van der Waals surface area contributed by atoms with Crippen LogP contribution in [0.3, 0.4) is 0 Å². The van der Waals surface area contributed by atoms with Gasteiger partial charge in [0.25, 0.3) is 0 Å². The Bertz CT molecular complexity index is 654. The van der Waals surface area contributed by atoms with Gasteiger partial charge in [-0.15, -0.1) is 0 Å². The third kappa shape index (κ3) is 20.6. The zero-order valence-corrected chi connectivity index (χ0v) is 25.6. The highest BCUT2D eigenvalue weighted by atomic mass is 16.5. The van der Waals surface area contributed by atoms with Crippen LogP contribution in [0.5, 0.6) is 0 Å². The molecule has 3 atom stereocenters. The van der Waals surface area contributed by atoms with Crippen LogP contribution in [0.1, 0.15) is 130 Å². The number of carboxylic acid groups (broad SMARTS) is 1. The van der Waals surface area contributed by atoms with Gasteiger partial charge < -0.3 is 20.1 Å². The largest absolute Gasteiger partial charge is 0.481 e. The van der Waals surface area contributed by atoms with Crippen LogP contribution < -0.4 is 5.32 Å². The van der Waals surface area contributed by atoms with Crippen LogP contribution in [-0.4, -0.2) is 67.0 Å². The minimum atomic E-state index is -0.664. The van der Waals surface area contributed by atoms with Gasteiger partial charge in [-0.1, -0.05) is 79.1 Å². The molecule has 0 spiro atoms. The van der Waals surface area contributed by atoms with E-state index in [1.165, 1.54) is 38.2 Å². The number of urea groups is 1. The van der Waals surface area contributed by atoms with E-state index in [1.807, 2.05) is 11.8 Å². The molecule has 8 nitrogen and oxygen atoms in total. The lowest BCUT2D eigenvalue weighted by Crippen LogP contribution is -2.43. The number of aliphatic imine (C=N–C) groups is 1. The van der Waals surface area contributed by atoms with E-state index >= 15 is 0 Å². The van der Waals surface area contributed by atoms with Gasteiger partial charge in [-0.25, -0.2) is 14.6 Å². The van der Waals surface area contributed by atoms with E-state index < -0.39 is 5.97 Å². The number of carbonyl (C=O) groups excluding carboxylic acids is 2. The monoisotopic (exact) mass is 553 g/mol. The van der Waals surface area contributed by atoms with E-state index in [4.69, 9.17) is 4.74 Å². The summed E-state index contributed by atoms with van der Waals surface area (Å²) < 4.78 is 6.21. The Morgan fingerprint density at radius 1 is 1.00 bits per heavy atom. The highest BCUT2D eigenvalue weighted by molar-refractivity contribution is 5.74. The number of amides is 2. The number of nitrogens with one attached hydrogen (secondary N) is 1. The van der Waals surface area contributed by atoms with Crippen LogP contribution in [0.25, 0.3) is 0 Å². The number of unbranched alkanes of at least 4 members (excludes halogenated alkanes) is 6. The minimum Gasteiger partial charge on any atom is -0.481 e. The quantitative estimate of drug-likeness (QED) is 0.0877. The second-order valence-corrected chi connectivity index (χ2v) is 10.9. The lowest BCUT2D eigenvalue weighted by Gasteiger charge is -2.31. The molecule has 0 aromatic carbocycles. The molecule has 8 heteroatoms. The number of hydrogen-bond donors (Lipinski definition) is 2. The molecule has 1 rings (SSSR count). The molecule has 1 aliphatic rings. The predicted molar refractivity (Wildman–Crippen MR) is 159 cm³/mol. The van der Waals surface area contributed by atoms with E-state index in [0.29, 0.717) is 32.0 Å². The molecule has 0 saturated heterocycles. The van der Waals surface area contributed by atoms with Crippen molar-refractivity contribution in [2.45, 2.75) is 137 Å². The van der Waals surface area contributed by atoms with Crippen LogP contribution >= 0.6 is 0 Å². The molecule has 1 saturated carbocycles. The lowest BCUT2D eigenvalue weighted by molar-refractivity contribution is -0.142. The molecule has 2 amide bonds. The molecule has 0 aromatic heterocycles. The fourth-order valence-electron chi connectivity index (χ4n) is 4.91. The van der Waals surface area contributed by atoms with E-state index in [1.54, 1.807) is 0 Å². The Morgan fingerprint density at radius 3 is 2.36 bits per heavy atom. The number of carbonyl (C=O) groups is 2. The Hall–Kier alpha value is -1.92. The van der Waals surface area contributed by atoms with Gasteiger partial charge in [0.15, 0.2) is 0 Å². The molecule has 1 aliphatic carbocycles. The Balaban J connectivity index is 0.00000181. The van der Waals surface area contributed by atoms with Gasteiger partial charge in [0.05, 0.1) is 25.2 Å². The molecule has 1 fully saturated rings. The fraction of sp³-hybridized carbons (Fsp3) is 0.903. The summed E-state index contributed by atoms with van der Waals surface area (Å²) >= 11 is 0. The van der Waals surface area contributed by atoms with Gasteiger partial charge in [0.2, 0.25) is 6.08 Å². The SMILES string of the molecule is CCCCCCCN(CCO[C@H]1CCC[C@@H](CCC(CC)C(=O)O)C1)C(=O)NCCCC.CCCCN=C=O. The maximum Gasteiger partial charge on any atom is 0.317 e. The molecule has 1 unspecified atom stereocenters. The standard InChI is InChI=1S/C26H50N2O4.C5H9NO/c1-4-7-9-10-11-18-28(26(31)27-17-8-5-2)19-20-32-24-14-12-13-22(21-24)15-16-23(6-3)25(29)30;1-2-3-4-6-5-7/h22-24H,4-21H2,1-3H3,(H,27,31)(H,29,30);2-4H2,1H3/t22-,23?,24-;/m0./s1. The number of aliphatic carboxylic acids is 1. The first-order chi connectivity index (χ1) is 18.9. The Morgan fingerprint density at radius 2 is 1.72 bits per heavy atom. The first-order valence-corrected chi connectivity index (χ1v) is 15.8. The van der Waals surface area contributed by atoms with E-state index in [-0.39, 0.29) is 18.1 Å². The number of carboxylic acids is 1. The highest BCUT2D eigenvalue weighted by Gasteiger charge is 2.25.